The number of aromatic nitrogens is 2. The van der Waals surface area contributed by atoms with Gasteiger partial charge in [0.25, 0.3) is 0 Å². The van der Waals surface area contributed by atoms with E-state index in [4.69, 9.17) is 16.7 Å². The molecule has 1 saturated heterocycles. The van der Waals surface area contributed by atoms with Crippen molar-refractivity contribution in [3.05, 3.63) is 68.8 Å². The fraction of sp³-hybridized carbons (Fsp3) is 0.433. The van der Waals surface area contributed by atoms with Crippen molar-refractivity contribution in [2.45, 2.75) is 57.8 Å². The van der Waals surface area contributed by atoms with Gasteiger partial charge in [-0.25, -0.2) is 0 Å². The molecule has 40 heavy (non-hydrogen) atoms. The van der Waals surface area contributed by atoms with E-state index in [1.165, 1.54) is 0 Å². The van der Waals surface area contributed by atoms with E-state index in [0.29, 0.717) is 44.0 Å². The minimum absolute atomic E-state index is 0.0616. The third-order valence-corrected chi connectivity index (χ3v) is 9.15. The first-order valence-electron chi connectivity index (χ1n) is 13.9. The third-order valence-electron chi connectivity index (χ3n) is 8.38. The van der Waals surface area contributed by atoms with Gasteiger partial charge in [0.15, 0.2) is 0 Å². The summed E-state index contributed by atoms with van der Waals surface area (Å²) in [4.78, 5) is 31.0. The Labute approximate surface area is 247 Å². The van der Waals surface area contributed by atoms with Gasteiger partial charge >= 0.3 is 0 Å². The van der Waals surface area contributed by atoms with E-state index in [1.54, 1.807) is 6.92 Å². The van der Waals surface area contributed by atoms with Crippen LogP contribution in [-0.2, 0) is 35.5 Å². The lowest BCUT2D eigenvalue weighted by Gasteiger charge is -2.37. The maximum Gasteiger partial charge on any atom is 0.231 e. The summed E-state index contributed by atoms with van der Waals surface area (Å²) in [6.07, 6.45) is 2.28. The summed E-state index contributed by atoms with van der Waals surface area (Å²) in [6, 6.07) is 13.9. The Morgan fingerprint density at radius 3 is 2.60 bits per heavy atom. The quantitative estimate of drug-likeness (QED) is 0.442. The van der Waals surface area contributed by atoms with E-state index in [-0.39, 0.29) is 17.9 Å². The van der Waals surface area contributed by atoms with Crippen LogP contribution >= 0.6 is 27.5 Å². The second kappa shape index (κ2) is 11.3. The molecule has 1 fully saturated rings. The molecule has 0 aliphatic carbocycles. The Morgan fingerprint density at radius 1 is 1.12 bits per heavy atom. The molecule has 1 unspecified atom stereocenters. The SMILES string of the molecule is CC(=O)N1CCc2c(c(-c3ccc(Br)cc3)nn2CC(O)CN2CCC(N3C(=O)Cc4cc(Cl)ccc43)CC2)C1. The fourth-order valence-electron chi connectivity index (χ4n) is 6.38. The number of piperidine rings is 1. The standard InChI is InChI=1S/C30H33BrClN5O3/c1-19(38)35-13-10-28-26(18-35)30(20-2-4-22(31)5-3-20)33-36(28)17-25(39)16-34-11-8-24(9-12-34)37-27-7-6-23(32)14-21(27)15-29(37)40/h2-7,14,24-25,39H,8-13,15-18H2,1H3. The fourth-order valence-corrected chi connectivity index (χ4v) is 6.84. The van der Waals surface area contributed by atoms with Crippen molar-refractivity contribution in [1.82, 2.24) is 19.6 Å². The van der Waals surface area contributed by atoms with Crippen molar-refractivity contribution in [3.63, 3.8) is 0 Å². The maximum atomic E-state index is 12.8. The molecular formula is C30H33BrClN5O3. The smallest absolute Gasteiger partial charge is 0.231 e. The molecule has 3 aromatic rings. The summed E-state index contributed by atoms with van der Waals surface area (Å²) in [7, 11) is 0. The zero-order valence-electron chi connectivity index (χ0n) is 22.5. The normalized spacial score (nSPS) is 18.6. The van der Waals surface area contributed by atoms with Crippen LogP contribution in [0.4, 0.5) is 5.69 Å². The number of fused-ring (bicyclic) bond motifs is 2. The molecule has 0 spiro atoms. The maximum absolute atomic E-state index is 12.8. The van der Waals surface area contributed by atoms with Crippen LogP contribution in [0.2, 0.25) is 5.02 Å². The molecule has 8 nitrogen and oxygen atoms in total. The second-order valence-corrected chi connectivity index (χ2v) is 12.4. The molecule has 2 aromatic carbocycles. The Bertz CT molecular complexity index is 1430. The highest BCUT2D eigenvalue weighted by molar-refractivity contribution is 9.10. The number of aliphatic hydroxyl groups excluding tert-OH is 1. The van der Waals surface area contributed by atoms with Gasteiger partial charge in [-0.05, 0) is 48.7 Å². The summed E-state index contributed by atoms with van der Waals surface area (Å²) in [5, 5.41) is 16.8. The first-order chi connectivity index (χ1) is 19.3. The molecule has 0 saturated carbocycles. The van der Waals surface area contributed by atoms with E-state index in [9.17, 15) is 14.7 Å². The zero-order valence-corrected chi connectivity index (χ0v) is 24.9. The summed E-state index contributed by atoms with van der Waals surface area (Å²) < 4.78 is 2.95. The number of nitrogens with zero attached hydrogens (tertiary/aromatic N) is 5. The van der Waals surface area contributed by atoms with Gasteiger partial charge in [0.2, 0.25) is 11.8 Å². The molecule has 0 radical (unpaired) electrons. The number of carbonyl (C=O) groups excluding carboxylic acids is 2. The second-order valence-electron chi connectivity index (χ2n) is 11.1. The van der Waals surface area contributed by atoms with Crippen LogP contribution in [0, 0.1) is 0 Å². The van der Waals surface area contributed by atoms with Gasteiger partial charge in [-0.2, -0.15) is 5.10 Å². The lowest BCUT2D eigenvalue weighted by atomic mass is 10.0. The van der Waals surface area contributed by atoms with E-state index in [1.807, 2.05) is 56.9 Å². The van der Waals surface area contributed by atoms with Gasteiger partial charge in [0, 0.05) is 84.1 Å². The molecule has 3 aliphatic heterocycles. The molecule has 2 amide bonds. The number of rotatable bonds is 6. The van der Waals surface area contributed by atoms with Gasteiger partial charge in [-0.15, -0.1) is 0 Å². The van der Waals surface area contributed by atoms with Crippen LogP contribution in [-0.4, -0.2) is 74.8 Å². The van der Waals surface area contributed by atoms with E-state index < -0.39 is 6.10 Å². The average Bonchev–Trinajstić information content (AvgIpc) is 3.45. The number of benzene rings is 2. The van der Waals surface area contributed by atoms with Crippen LogP contribution in [0.3, 0.4) is 0 Å². The molecule has 1 atom stereocenters. The Balaban J connectivity index is 1.12. The van der Waals surface area contributed by atoms with Crippen LogP contribution in [0.1, 0.15) is 36.6 Å². The Kier molecular flexibility index (Phi) is 7.74. The van der Waals surface area contributed by atoms with Gasteiger partial charge in [-0.1, -0.05) is 39.7 Å². The van der Waals surface area contributed by atoms with Gasteiger partial charge < -0.3 is 19.8 Å². The molecule has 6 rings (SSSR count). The van der Waals surface area contributed by atoms with Crippen LogP contribution in [0.5, 0.6) is 0 Å². The number of hydrogen-bond donors (Lipinski definition) is 1. The van der Waals surface area contributed by atoms with Gasteiger partial charge in [0.1, 0.15) is 0 Å². The number of aliphatic hydroxyl groups is 1. The highest BCUT2D eigenvalue weighted by Crippen LogP contribution is 2.35. The number of halogens is 2. The van der Waals surface area contributed by atoms with Crippen LogP contribution in [0.15, 0.2) is 46.9 Å². The molecule has 210 valence electrons. The minimum Gasteiger partial charge on any atom is -0.390 e. The number of carbonyl (C=O) groups is 2. The predicted molar refractivity (Wildman–Crippen MR) is 158 cm³/mol. The highest BCUT2D eigenvalue weighted by atomic mass is 79.9. The van der Waals surface area contributed by atoms with Crippen molar-refractivity contribution < 1.29 is 14.7 Å². The summed E-state index contributed by atoms with van der Waals surface area (Å²) in [6.45, 7) is 5.39. The zero-order chi connectivity index (χ0) is 28.0. The number of anilines is 1. The lowest BCUT2D eigenvalue weighted by molar-refractivity contribution is -0.129. The number of amides is 2. The van der Waals surface area contributed by atoms with Gasteiger partial charge in [0.05, 0.1) is 24.8 Å². The van der Waals surface area contributed by atoms with Crippen molar-refractivity contribution in [2.24, 2.45) is 0 Å². The van der Waals surface area contributed by atoms with Gasteiger partial charge in [-0.3, -0.25) is 14.3 Å². The average molecular weight is 627 g/mol. The van der Waals surface area contributed by atoms with Crippen LogP contribution in [0.25, 0.3) is 11.3 Å². The first kappa shape index (κ1) is 27.4. The monoisotopic (exact) mass is 625 g/mol. The predicted octanol–water partition coefficient (Wildman–Crippen LogP) is 4.29. The number of hydrogen-bond acceptors (Lipinski definition) is 5. The molecule has 1 aromatic heterocycles. The molecule has 0 bridgehead atoms. The van der Waals surface area contributed by atoms with Crippen molar-refractivity contribution >= 4 is 45.0 Å². The van der Waals surface area contributed by atoms with E-state index in [0.717, 1.165) is 64.2 Å². The van der Waals surface area contributed by atoms with Crippen molar-refractivity contribution in [1.29, 1.82) is 0 Å². The lowest BCUT2D eigenvalue weighted by Crippen LogP contribution is -2.48. The topological polar surface area (TPSA) is 81.9 Å². The summed E-state index contributed by atoms with van der Waals surface area (Å²) in [5.74, 6) is 0.204. The largest absolute Gasteiger partial charge is 0.390 e. The minimum atomic E-state index is -0.583. The molecule has 4 heterocycles. The molecule has 1 N–H and O–H groups in total. The highest BCUT2D eigenvalue weighted by Gasteiger charge is 2.35. The molecule has 3 aliphatic rings. The third kappa shape index (κ3) is 5.44. The van der Waals surface area contributed by atoms with Crippen molar-refractivity contribution in [2.75, 3.05) is 31.1 Å². The molecule has 10 heteroatoms. The number of β-amino-alcohol motifs (C(OH)–C–C–N with tert-alkyl or cyclic N) is 1. The number of likely N-dealkylation sites (tertiary alicyclic amines) is 1. The van der Waals surface area contributed by atoms with E-state index in [2.05, 4.69) is 20.8 Å². The Morgan fingerprint density at radius 2 is 1.88 bits per heavy atom. The van der Waals surface area contributed by atoms with E-state index >= 15 is 0 Å². The Hall–Kier alpha value is -2.72. The van der Waals surface area contributed by atoms with Crippen molar-refractivity contribution in [3.8, 4) is 11.3 Å². The summed E-state index contributed by atoms with van der Waals surface area (Å²) in [5.41, 5.74) is 6.03. The first-order valence-corrected chi connectivity index (χ1v) is 15.0. The van der Waals surface area contributed by atoms with Crippen LogP contribution < -0.4 is 4.90 Å². The summed E-state index contributed by atoms with van der Waals surface area (Å²) >= 11 is 9.64. The molecular weight excluding hydrogens is 594 g/mol.